The number of anilines is 1. The number of aryl methyl sites for hydroxylation is 2. The predicted molar refractivity (Wildman–Crippen MR) is 79.8 cm³/mol. The number of H-pyrrole nitrogens is 1. The van der Waals surface area contributed by atoms with Gasteiger partial charge in [-0.1, -0.05) is 18.2 Å². The van der Waals surface area contributed by atoms with Crippen LogP contribution < -0.4 is 10.9 Å². The molecule has 1 aromatic carbocycles. The monoisotopic (exact) mass is 268 g/mol. The molecule has 102 valence electrons. The predicted octanol–water partition coefficient (Wildman–Crippen LogP) is 2.18. The molecule has 0 aliphatic heterocycles. The van der Waals surface area contributed by atoms with E-state index in [1.165, 1.54) is 0 Å². The van der Waals surface area contributed by atoms with Gasteiger partial charge in [-0.15, -0.1) is 0 Å². The minimum Gasteiger partial charge on any atom is -0.380 e. The highest BCUT2D eigenvalue weighted by Crippen LogP contribution is 2.21. The van der Waals surface area contributed by atoms with Crippen LogP contribution in [0.1, 0.15) is 11.3 Å². The highest BCUT2D eigenvalue weighted by Gasteiger charge is 2.07. The molecule has 0 aliphatic carbocycles. The summed E-state index contributed by atoms with van der Waals surface area (Å²) in [6.45, 7) is 2.62. The second-order valence-electron chi connectivity index (χ2n) is 4.85. The lowest BCUT2D eigenvalue weighted by Crippen LogP contribution is -2.17. The molecule has 5 nitrogen and oxygen atoms in total. The van der Waals surface area contributed by atoms with Crippen molar-refractivity contribution < 1.29 is 0 Å². The van der Waals surface area contributed by atoms with Gasteiger partial charge in [-0.25, -0.2) is 0 Å². The zero-order valence-electron chi connectivity index (χ0n) is 11.5. The number of nitrogens with one attached hydrogen (secondary N) is 2. The van der Waals surface area contributed by atoms with Crippen molar-refractivity contribution in [1.29, 1.82) is 0 Å². The number of nitrogens with zero attached hydrogens (tertiary/aromatic N) is 2. The number of rotatable bonds is 3. The van der Waals surface area contributed by atoms with E-state index in [1.807, 2.05) is 31.2 Å². The quantitative estimate of drug-likeness (QED) is 0.765. The van der Waals surface area contributed by atoms with E-state index in [-0.39, 0.29) is 5.56 Å². The summed E-state index contributed by atoms with van der Waals surface area (Å²) in [5.74, 6) is 0. The van der Waals surface area contributed by atoms with Crippen molar-refractivity contribution in [2.24, 2.45) is 7.05 Å². The zero-order chi connectivity index (χ0) is 14.1. The van der Waals surface area contributed by atoms with Crippen molar-refractivity contribution in [3.05, 3.63) is 58.1 Å². The van der Waals surface area contributed by atoms with Crippen LogP contribution in [-0.4, -0.2) is 14.8 Å². The van der Waals surface area contributed by atoms with Crippen molar-refractivity contribution >= 4 is 16.6 Å². The lowest BCUT2D eigenvalue weighted by atomic mass is 10.1. The maximum Gasteiger partial charge on any atom is 0.252 e. The second-order valence-corrected chi connectivity index (χ2v) is 4.85. The lowest BCUT2D eigenvalue weighted by molar-refractivity contribution is 0.905. The Balaban J connectivity index is 2.01. The van der Waals surface area contributed by atoms with E-state index < -0.39 is 0 Å². The van der Waals surface area contributed by atoms with E-state index in [9.17, 15) is 4.79 Å². The van der Waals surface area contributed by atoms with E-state index in [4.69, 9.17) is 0 Å². The molecule has 0 aliphatic rings. The normalized spacial score (nSPS) is 10.9. The number of fused-ring (bicyclic) bond motifs is 1. The van der Waals surface area contributed by atoms with Crippen molar-refractivity contribution in [3.63, 3.8) is 0 Å². The first-order chi connectivity index (χ1) is 9.66. The number of aromatic nitrogens is 3. The van der Waals surface area contributed by atoms with Crippen LogP contribution in [-0.2, 0) is 13.6 Å². The van der Waals surface area contributed by atoms with Crippen LogP contribution in [0, 0.1) is 6.92 Å². The summed E-state index contributed by atoms with van der Waals surface area (Å²) < 4.78 is 1.66. The van der Waals surface area contributed by atoms with E-state index in [2.05, 4.69) is 15.5 Å². The van der Waals surface area contributed by atoms with Gasteiger partial charge >= 0.3 is 0 Å². The Labute approximate surface area is 116 Å². The number of benzene rings is 1. The number of aromatic amines is 1. The average molecular weight is 268 g/mol. The molecule has 0 saturated carbocycles. The fraction of sp³-hybridized carbons (Fsp3) is 0.200. The highest BCUT2D eigenvalue weighted by molar-refractivity contribution is 5.91. The van der Waals surface area contributed by atoms with Crippen molar-refractivity contribution in [2.45, 2.75) is 13.5 Å². The van der Waals surface area contributed by atoms with Crippen LogP contribution in [0.25, 0.3) is 10.9 Å². The van der Waals surface area contributed by atoms with Crippen molar-refractivity contribution in [2.75, 3.05) is 5.32 Å². The molecule has 0 spiro atoms. The molecular formula is C15H16N4O. The number of pyridine rings is 1. The van der Waals surface area contributed by atoms with Crippen LogP contribution in [0.5, 0.6) is 0 Å². The summed E-state index contributed by atoms with van der Waals surface area (Å²) in [6.07, 6.45) is 1.80. The fourth-order valence-corrected chi connectivity index (χ4v) is 2.30. The Morgan fingerprint density at radius 1 is 1.35 bits per heavy atom. The third kappa shape index (κ3) is 2.07. The first kappa shape index (κ1) is 12.5. The first-order valence-electron chi connectivity index (χ1n) is 6.48. The maximum atomic E-state index is 12.0. The summed E-state index contributed by atoms with van der Waals surface area (Å²) in [6, 6.07) is 9.51. The van der Waals surface area contributed by atoms with Gasteiger partial charge in [0.25, 0.3) is 5.56 Å². The van der Waals surface area contributed by atoms with Gasteiger partial charge in [-0.2, -0.15) is 5.10 Å². The molecule has 0 radical (unpaired) electrons. The maximum absolute atomic E-state index is 12.0. The van der Waals surface area contributed by atoms with Crippen LogP contribution in [0.2, 0.25) is 0 Å². The number of hydrogen-bond donors (Lipinski definition) is 2. The average Bonchev–Trinajstić information content (AvgIpc) is 2.87. The van der Waals surface area contributed by atoms with Gasteiger partial charge in [0.1, 0.15) is 0 Å². The summed E-state index contributed by atoms with van der Waals surface area (Å²) in [4.78, 5) is 12.0. The molecule has 5 heteroatoms. The van der Waals surface area contributed by atoms with Crippen molar-refractivity contribution in [3.8, 4) is 0 Å². The second kappa shape index (κ2) is 4.85. The molecular weight excluding hydrogens is 252 g/mol. The van der Waals surface area contributed by atoms with Crippen LogP contribution in [0.3, 0.4) is 0 Å². The molecule has 3 rings (SSSR count). The van der Waals surface area contributed by atoms with Gasteiger partial charge in [0, 0.05) is 42.0 Å². The Morgan fingerprint density at radius 3 is 2.90 bits per heavy atom. The Morgan fingerprint density at radius 2 is 2.15 bits per heavy atom. The Bertz CT molecular complexity index is 816. The largest absolute Gasteiger partial charge is 0.380 e. The summed E-state index contributed by atoms with van der Waals surface area (Å²) in [7, 11) is 1.79. The van der Waals surface area contributed by atoms with Gasteiger partial charge in [0.15, 0.2) is 0 Å². The van der Waals surface area contributed by atoms with Crippen molar-refractivity contribution in [1.82, 2.24) is 14.8 Å². The molecule has 2 heterocycles. The van der Waals surface area contributed by atoms with E-state index in [0.717, 1.165) is 27.8 Å². The minimum absolute atomic E-state index is 0.0184. The number of para-hydroxylation sites is 1. The molecule has 20 heavy (non-hydrogen) atoms. The van der Waals surface area contributed by atoms with Gasteiger partial charge in [-0.05, 0) is 13.0 Å². The summed E-state index contributed by atoms with van der Waals surface area (Å²) >= 11 is 0. The van der Waals surface area contributed by atoms with Gasteiger partial charge in [0.2, 0.25) is 0 Å². The Kier molecular flexibility index (Phi) is 3.02. The molecule has 2 aromatic heterocycles. The van der Waals surface area contributed by atoms with Gasteiger partial charge in [-0.3, -0.25) is 9.89 Å². The highest BCUT2D eigenvalue weighted by atomic mass is 16.1. The SMILES string of the molecule is Cc1[nH]ncc1CNc1cc(=O)n(C)c2ccccc12. The standard InChI is InChI=1S/C15H16N4O/c1-10-11(9-17-18-10)8-16-13-7-15(20)19(2)14-6-4-3-5-12(13)14/h3-7,9,16H,8H2,1-2H3,(H,17,18). The van der Waals surface area contributed by atoms with E-state index in [1.54, 1.807) is 23.9 Å². The molecule has 2 N–H and O–H groups in total. The van der Waals surface area contributed by atoms with Crippen LogP contribution >= 0.6 is 0 Å². The van der Waals surface area contributed by atoms with E-state index in [0.29, 0.717) is 6.54 Å². The molecule has 0 unspecified atom stereocenters. The smallest absolute Gasteiger partial charge is 0.252 e. The van der Waals surface area contributed by atoms with Gasteiger partial charge < -0.3 is 9.88 Å². The third-order valence-electron chi connectivity index (χ3n) is 3.56. The Hall–Kier alpha value is -2.56. The minimum atomic E-state index is -0.0184. The van der Waals surface area contributed by atoms with E-state index >= 15 is 0 Å². The third-order valence-corrected chi connectivity index (χ3v) is 3.56. The van der Waals surface area contributed by atoms with Crippen LogP contribution in [0.4, 0.5) is 5.69 Å². The summed E-state index contributed by atoms with van der Waals surface area (Å²) in [5.41, 5.74) is 3.88. The molecule has 0 saturated heterocycles. The van der Waals surface area contributed by atoms with Crippen LogP contribution in [0.15, 0.2) is 41.3 Å². The fourth-order valence-electron chi connectivity index (χ4n) is 2.30. The summed E-state index contributed by atoms with van der Waals surface area (Å²) in [5, 5.41) is 11.3. The molecule has 0 bridgehead atoms. The molecule has 0 atom stereocenters. The topological polar surface area (TPSA) is 62.7 Å². The molecule has 0 amide bonds. The number of hydrogen-bond acceptors (Lipinski definition) is 3. The molecule has 3 aromatic rings. The lowest BCUT2D eigenvalue weighted by Gasteiger charge is -2.11. The zero-order valence-corrected chi connectivity index (χ0v) is 11.5. The van der Waals surface area contributed by atoms with Gasteiger partial charge in [0.05, 0.1) is 11.7 Å². The molecule has 0 fully saturated rings. The first-order valence-corrected chi connectivity index (χ1v) is 6.48.